The van der Waals surface area contributed by atoms with Crippen molar-refractivity contribution in [3.05, 3.63) is 38.3 Å². The van der Waals surface area contributed by atoms with Gasteiger partial charge < -0.3 is 5.10 Å². The number of hydrogen-bond donors (Lipinski definition) is 1. The third-order valence-corrected chi connectivity index (χ3v) is 2.08. The maximum Gasteiger partial charge on any atom is 0.205 e. The zero-order chi connectivity index (χ0) is 7.84. The third-order valence-electron chi connectivity index (χ3n) is 1.49. The summed E-state index contributed by atoms with van der Waals surface area (Å²) in [7, 11) is 0. The Balaban J connectivity index is 3.02. The Hall–Kier alpha value is -0.780. The van der Waals surface area contributed by atoms with Crippen molar-refractivity contribution in [3.8, 4) is 0 Å². The van der Waals surface area contributed by atoms with E-state index in [-0.39, 0.29) is 5.43 Å². The van der Waals surface area contributed by atoms with Crippen molar-refractivity contribution in [2.24, 2.45) is 0 Å². The molecule has 0 spiro atoms. The van der Waals surface area contributed by atoms with Gasteiger partial charge in [0.25, 0.3) is 0 Å². The number of fused-ring (bicyclic) bond motifs is 1. The van der Waals surface area contributed by atoms with Gasteiger partial charge in [-0.15, -0.1) is 0 Å². The molecule has 0 radical (unpaired) electrons. The summed E-state index contributed by atoms with van der Waals surface area (Å²) in [6.45, 7) is 0. The van der Waals surface area contributed by atoms with Crippen molar-refractivity contribution in [2.45, 2.75) is 0 Å². The summed E-state index contributed by atoms with van der Waals surface area (Å²) >= 11 is 2.17. The van der Waals surface area contributed by atoms with E-state index in [9.17, 15) is 4.79 Å². The summed E-state index contributed by atoms with van der Waals surface area (Å²) < 4.78 is 2.77. The van der Waals surface area contributed by atoms with Crippen molar-refractivity contribution in [2.75, 3.05) is 0 Å². The number of H-pyrrole nitrogens is 1. The molecule has 2 aromatic heterocycles. The lowest BCUT2D eigenvalue weighted by atomic mass is 10.4. The molecule has 2 aromatic rings. The maximum atomic E-state index is 11.1. The number of nitrogens with zero attached hydrogens (tertiary/aromatic N) is 1. The third kappa shape index (κ3) is 1.07. The number of hydrogen-bond acceptors (Lipinski definition) is 1. The van der Waals surface area contributed by atoms with Crippen LogP contribution in [-0.2, 0) is 0 Å². The minimum absolute atomic E-state index is 0.0478. The first-order chi connectivity index (χ1) is 5.27. The molecule has 0 saturated heterocycles. The van der Waals surface area contributed by atoms with Crippen LogP contribution < -0.4 is 5.43 Å². The molecule has 1 N–H and O–H groups in total. The summed E-state index contributed by atoms with van der Waals surface area (Å²) in [5.41, 5.74) is 0.739. The second kappa shape index (κ2) is 2.37. The lowest BCUT2D eigenvalue weighted by molar-refractivity contribution is 0.933. The number of aromatic nitrogens is 2. The first-order valence-electron chi connectivity index (χ1n) is 3.13. The molecule has 2 rings (SSSR count). The van der Waals surface area contributed by atoms with Crippen LogP contribution in [-0.4, -0.2) is 9.61 Å². The lowest BCUT2D eigenvalue weighted by Crippen LogP contribution is -2.03. The number of aromatic amines is 1. The minimum Gasteiger partial charge on any atom is -0.301 e. The van der Waals surface area contributed by atoms with Crippen LogP contribution in [0.1, 0.15) is 0 Å². The quantitative estimate of drug-likeness (QED) is 0.711. The second-order valence-corrected chi connectivity index (χ2v) is 3.49. The molecule has 0 atom stereocenters. The Morgan fingerprint density at radius 2 is 2.36 bits per heavy atom. The van der Waals surface area contributed by atoms with Crippen LogP contribution in [0.25, 0.3) is 5.52 Å². The van der Waals surface area contributed by atoms with Crippen LogP contribution in [0, 0.1) is 3.57 Å². The second-order valence-electron chi connectivity index (χ2n) is 2.24. The van der Waals surface area contributed by atoms with Gasteiger partial charge in [-0.1, -0.05) is 0 Å². The molecule has 0 amide bonds. The highest BCUT2D eigenvalue weighted by molar-refractivity contribution is 14.1. The largest absolute Gasteiger partial charge is 0.301 e. The highest BCUT2D eigenvalue weighted by atomic mass is 127. The van der Waals surface area contributed by atoms with E-state index in [1.54, 1.807) is 10.7 Å². The molecule has 0 aliphatic rings. The average molecular weight is 260 g/mol. The van der Waals surface area contributed by atoms with Gasteiger partial charge in [-0.2, -0.15) is 0 Å². The predicted octanol–water partition coefficient (Wildman–Crippen LogP) is 1.23. The van der Waals surface area contributed by atoms with Crippen LogP contribution in [0.5, 0.6) is 0 Å². The molecule has 56 valence electrons. The first kappa shape index (κ1) is 6.90. The Bertz CT molecular complexity index is 443. The van der Waals surface area contributed by atoms with Gasteiger partial charge in [-0.05, 0) is 28.7 Å². The molecule has 0 fully saturated rings. The number of halogens is 1. The molecule has 0 aliphatic heterocycles. The molecule has 3 nitrogen and oxygen atoms in total. The van der Waals surface area contributed by atoms with Gasteiger partial charge in [0.05, 0.1) is 0 Å². The fourth-order valence-electron chi connectivity index (χ4n) is 1.01. The molecule has 0 aromatic carbocycles. The summed E-state index contributed by atoms with van der Waals surface area (Å²) in [6, 6.07) is 3.37. The van der Waals surface area contributed by atoms with Crippen LogP contribution >= 0.6 is 22.6 Å². The summed E-state index contributed by atoms with van der Waals surface area (Å²) in [5, 5.41) is 2.92. The van der Waals surface area contributed by atoms with Gasteiger partial charge in [0.2, 0.25) is 5.43 Å². The monoisotopic (exact) mass is 260 g/mol. The number of nitrogens with one attached hydrogen (secondary N) is 1. The van der Waals surface area contributed by atoms with E-state index in [1.165, 1.54) is 6.07 Å². The molecule has 0 aliphatic carbocycles. The standard InChI is InChI=1S/C7H5IN2O/c8-5-3-6-7(11)1-2-9-10(6)4-5/h1-4,9H. The highest BCUT2D eigenvalue weighted by Crippen LogP contribution is 2.06. The van der Waals surface area contributed by atoms with E-state index < -0.39 is 0 Å². The van der Waals surface area contributed by atoms with Crippen LogP contribution in [0.3, 0.4) is 0 Å². The zero-order valence-corrected chi connectivity index (χ0v) is 7.70. The minimum atomic E-state index is 0.0478. The molecule has 0 bridgehead atoms. The molecule has 2 heterocycles. The van der Waals surface area contributed by atoms with Crippen molar-refractivity contribution < 1.29 is 0 Å². The molecule has 0 unspecified atom stereocenters. The summed E-state index contributed by atoms with van der Waals surface area (Å²) in [5.74, 6) is 0. The average Bonchev–Trinajstić information content (AvgIpc) is 2.31. The molecular weight excluding hydrogens is 255 g/mol. The van der Waals surface area contributed by atoms with Gasteiger partial charge in [0.15, 0.2) is 0 Å². The summed E-state index contributed by atoms with van der Waals surface area (Å²) in [4.78, 5) is 11.1. The van der Waals surface area contributed by atoms with Crippen molar-refractivity contribution in [3.63, 3.8) is 0 Å². The van der Waals surface area contributed by atoms with Gasteiger partial charge in [-0.3, -0.25) is 9.31 Å². The smallest absolute Gasteiger partial charge is 0.205 e. The van der Waals surface area contributed by atoms with Crippen molar-refractivity contribution in [1.29, 1.82) is 0 Å². The normalized spacial score (nSPS) is 10.6. The van der Waals surface area contributed by atoms with Crippen LogP contribution in [0.4, 0.5) is 0 Å². The Kier molecular flexibility index (Phi) is 1.49. The van der Waals surface area contributed by atoms with E-state index in [4.69, 9.17) is 0 Å². The summed E-state index contributed by atoms with van der Waals surface area (Å²) in [6.07, 6.45) is 3.50. The van der Waals surface area contributed by atoms with E-state index in [2.05, 4.69) is 27.7 Å². The fraction of sp³-hybridized carbons (Fsp3) is 0. The zero-order valence-electron chi connectivity index (χ0n) is 5.54. The topological polar surface area (TPSA) is 37.3 Å². The number of rotatable bonds is 0. The molecular formula is C7H5IN2O. The first-order valence-corrected chi connectivity index (χ1v) is 4.20. The van der Waals surface area contributed by atoms with Crippen LogP contribution in [0.2, 0.25) is 0 Å². The Labute approximate surface area is 76.2 Å². The molecule has 0 saturated carbocycles. The molecule has 4 heteroatoms. The highest BCUT2D eigenvalue weighted by Gasteiger charge is 1.97. The molecule has 11 heavy (non-hydrogen) atoms. The van der Waals surface area contributed by atoms with Gasteiger partial charge >= 0.3 is 0 Å². The van der Waals surface area contributed by atoms with Crippen LogP contribution in [0.15, 0.2) is 29.3 Å². The van der Waals surface area contributed by atoms with Crippen molar-refractivity contribution >= 4 is 28.1 Å². The van der Waals surface area contributed by atoms with E-state index in [0.29, 0.717) is 5.52 Å². The lowest BCUT2D eigenvalue weighted by Gasteiger charge is -1.89. The van der Waals surface area contributed by atoms with E-state index in [1.807, 2.05) is 12.3 Å². The predicted molar refractivity (Wildman–Crippen MR) is 50.7 cm³/mol. The van der Waals surface area contributed by atoms with Crippen molar-refractivity contribution in [1.82, 2.24) is 9.61 Å². The van der Waals surface area contributed by atoms with Gasteiger partial charge in [0.1, 0.15) is 5.52 Å². The maximum absolute atomic E-state index is 11.1. The Morgan fingerprint density at radius 3 is 3.09 bits per heavy atom. The Morgan fingerprint density at radius 1 is 1.55 bits per heavy atom. The van der Waals surface area contributed by atoms with Gasteiger partial charge in [-0.25, -0.2) is 0 Å². The van der Waals surface area contributed by atoms with Gasteiger partial charge in [0, 0.05) is 22.0 Å². The van der Waals surface area contributed by atoms with E-state index in [0.717, 1.165) is 3.57 Å². The van der Waals surface area contributed by atoms with E-state index >= 15 is 0 Å². The fourth-order valence-corrected chi connectivity index (χ4v) is 1.58. The SMILES string of the molecule is O=c1cc[nH]n2cc(I)cc12.